The molecule has 1 aliphatic rings. The fourth-order valence-corrected chi connectivity index (χ4v) is 3.66. The van der Waals surface area contributed by atoms with Crippen LogP contribution in [0.2, 0.25) is 0 Å². The third-order valence-electron chi connectivity index (χ3n) is 5.41. The monoisotopic (exact) mass is 459 g/mol. The van der Waals surface area contributed by atoms with Gasteiger partial charge in [-0.1, -0.05) is 12.1 Å². The molecule has 4 rings (SSSR count). The summed E-state index contributed by atoms with van der Waals surface area (Å²) in [7, 11) is 0. The van der Waals surface area contributed by atoms with E-state index in [1.165, 1.54) is 6.07 Å². The van der Waals surface area contributed by atoms with Gasteiger partial charge in [-0.2, -0.15) is 13.2 Å². The lowest BCUT2D eigenvalue weighted by atomic mass is 10.1. The van der Waals surface area contributed by atoms with Crippen molar-refractivity contribution in [3.05, 3.63) is 82.2 Å². The van der Waals surface area contributed by atoms with Crippen molar-refractivity contribution >= 4 is 11.8 Å². The minimum absolute atomic E-state index is 0.179. The van der Waals surface area contributed by atoms with Gasteiger partial charge in [0.05, 0.1) is 11.1 Å². The molecule has 1 aliphatic heterocycles. The van der Waals surface area contributed by atoms with E-state index in [2.05, 4.69) is 0 Å². The topological polar surface area (TPSA) is 66.8 Å². The van der Waals surface area contributed by atoms with Crippen molar-refractivity contribution in [1.82, 2.24) is 4.57 Å². The minimum Gasteiger partial charge on any atom is -0.454 e. The fraction of sp³-hybridized carbons (Fsp3) is 0.250. The first-order chi connectivity index (χ1) is 15.6. The summed E-state index contributed by atoms with van der Waals surface area (Å²) in [6.45, 7) is 3.72. The van der Waals surface area contributed by atoms with Crippen LogP contribution in [0, 0.1) is 13.8 Å². The molecule has 0 N–H and O–H groups in total. The Morgan fingerprint density at radius 2 is 1.79 bits per heavy atom. The van der Waals surface area contributed by atoms with Gasteiger partial charge in [0.1, 0.15) is 0 Å². The van der Waals surface area contributed by atoms with Crippen molar-refractivity contribution in [3.63, 3.8) is 0 Å². The molecule has 0 saturated carbocycles. The number of alkyl halides is 3. The van der Waals surface area contributed by atoms with Crippen LogP contribution in [0.25, 0.3) is 0 Å². The normalized spacial score (nSPS) is 12.6. The van der Waals surface area contributed by atoms with Crippen LogP contribution in [0.15, 0.2) is 48.5 Å². The first kappa shape index (κ1) is 22.4. The van der Waals surface area contributed by atoms with Gasteiger partial charge in [-0.25, -0.2) is 4.79 Å². The molecule has 6 nitrogen and oxygen atoms in total. The number of aryl methyl sites for hydroxylation is 1. The van der Waals surface area contributed by atoms with Crippen LogP contribution in [0.5, 0.6) is 11.5 Å². The van der Waals surface area contributed by atoms with Gasteiger partial charge in [0.15, 0.2) is 18.1 Å². The zero-order chi connectivity index (χ0) is 23.8. The maximum atomic E-state index is 12.9. The molecule has 0 saturated heterocycles. The number of ketones is 1. The first-order valence-electron chi connectivity index (χ1n) is 10.1. The molecule has 1 aromatic heterocycles. The summed E-state index contributed by atoms with van der Waals surface area (Å²) in [4.78, 5) is 24.9. The number of hydrogen-bond donors (Lipinski definition) is 0. The number of rotatable bonds is 6. The largest absolute Gasteiger partial charge is 0.454 e. The number of esters is 1. The zero-order valence-electron chi connectivity index (χ0n) is 17.9. The number of ether oxygens (including phenoxy) is 3. The average Bonchev–Trinajstić information content (AvgIpc) is 3.36. The second-order valence-electron chi connectivity index (χ2n) is 7.64. The second-order valence-corrected chi connectivity index (χ2v) is 7.64. The maximum absolute atomic E-state index is 12.9. The van der Waals surface area contributed by atoms with E-state index in [-0.39, 0.29) is 12.4 Å². The summed E-state index contributed by atoms with van der Waals surface area (Å²) in [5.41, 5.74) is 1.62. The standard InChI is InChI=1S/C24H20F3NO5/c1-14-8-19(15(2)28(14)11-16-6-7-21-22(9-16)33-13-32-21)20(29)12-31-23(30)17-4-3-5-18(10-17)24(25,26)27/h3-10H,11-13H2,1-2H3. The summed E-state index contributed by atoms with van der Waals surface area (Å²) in [6, 6.07) is 11.2. The molecule has 0 unspecified atom stereocenters. The Kier molecular flexibility index (Phi) is 5.88. The van der Waals surface area contributed by atoms with Gasteiger partial charge in [-0.05, 0) is 55.8 Å². The number of aromatic nitrogens is 1. The molecule has 0 atom stereocenters. The quantitative estimate of drug-likeness (QED) is 0.386. The predicted molar refractivity (Wildman–Crippen MR) is 112 cm³/mol. The Hall–Kier alpha value is -3.75. The third kappa shape index (κ3) is 4.72. The number of fused-ring (bicyclic) bond motifs is 1. The summed E-state index contributed by atoms with van der Waals surface area (Å²) < 4.78 is 56.2. The van der Waals surface area contributed by atoms with Crippen LogP contribution >= 0.6 is 0 Å². The highest BCUT2D eigenvalue weighted by molar-refractivity contribution is 6.00. The number of carbonyl (C=O) groups is 2. The van der Waals surface area contributed by atoms with E-state index >= 15 is 0 Å². The van der Waals surface area contributed by atoms with Crippen LogP contribution in [0.1, 0.15) is 43.2 Å². The molecule has 0 radical (unpaired) electrons. The summed E-state index contributed by atoms with van der Waals surface area (Å²) in [6.07, 6.45) is -4.58. The number of nitrogens with zero attached hydrogens (tertiary/aromatic N) is 1. The Morgan fingerprint density at radius 1 is 1.03 bits per heavy atom. The highest BCUT2D eigenvalue weighted by atomic mass is 19.4. The molecular formula is C24H20F3NO5. The average molecular weight is 459 g/mol. The van der Waals surface area contributed by atoms with E-state index in [1.807, 2.05) is 29.7 Å². The molecule has 3 aromatic rings. The van der Waals surface area contributed by atoms with E-state index in [0.717, 1.165) is 23.4 Å². The molecule has 9 heteroatoms. The van der Waals surface area contributed by atoms with Gasteiger partial charge in [-0.3, -0.25) is 4.79 Å². The maximum Gasteiger partial charge on any atom is 0.416 e. The second kappa shape index (κ2) is 8.65. The van der Waals surface area contributed by atoms with Crippen molar-refractivity contribution in [1.29, 1.82) is 0 Å². The zero-order valence-corrected chi connectivity index (χ0v) is 17.9. The summed E-state index contributed by atoms with van der Waals surface area (Å²) >= 11 is 0. The van der Waals surface area contributed by atoms with E-state index in [9.17, 15) is 22.8 Å². The van der Waals surface area contributed by atoms with Gasteiger partial charge in [0.25, 0.3) is 0 Å². The number of Topliss-reactive ketones (excluding diaryl/α,β-unsaturated/α-hetero) is 1. The smallest absolute Gasteiger partial charge is 0.416 e. The first-order valence-corrected chi connectivity index (χ1v) is 10.1. The summed E-state index contributed by atoms with van der Waals surface area (Å²) in [5, 5.41) is 0. The molecule has 0 fully saturated rings. The fourth-order valence-electron chi connectivity index (χ4n) is 3.66. The van der Waals surface area contributed by atoms with Gasteiger partial charge in [-0.15, -0.1) is 0 Å². The molecule has 0 amide bonds. The van der Waals surface area contributed by atoms with Crippen LogP contribution in [-0.2, 0) is 17.5 Å². The Balaban J connectivity index is 1.44. The Bertz CT molecular complexity index is 1230. The SMILES string of the molecule is Cc1cc(C(=O)COC(=O)c2cccc(C(F)(F)F)c2)c(C)n1Cc1ccc2c(c1)OCO2. The van der Waals surface area contributed by atoms with Crippen molar-refractivity contribution in [2.45, 2.75) is 26.6 Å². The van der Waals surface area contributed by atoms with Crippen molar-refractivity contribution in [2.24, 2.45) is 0 Å². The van der Waals surface area contributed by atoms with Crippen molar-refractivity contribution in [3.8, 4) is 11.5 Å². The van der Waals surface area contributed by atoms with E-state index in [1.54, 1.807) is 13.0 Å². The molecule has 172 valence electrons. The van der Waals surface area contributed by atoms with Gasteiger partial charge in [0.2, 0.25) is 12.6 Å². The molecule has 0 spiro atoms. The molecule has 33 heavy (non-hydrogen) atoms. The van der Waals surface area contributed by atoms with Crippen LogP contribution < -0.4 is 9.47 Å². The van der Waals surface area contributed by atoms with E-state index in [0.29, 0.717) is 35.4 Å². The highest BCUT2D eigenvalue weighted by Crippen LogP contribution is 2.33. The Labute approximate surface area is 187 Å². The lowest BCUT2D eigenvalue weighted by molar-refractivity contribution is -0.137. The minimum atomic E-state index is -4.58. The number of carbonyl (C=O) groups excluding carboxylic acids is 2. The van der Waals surface area contributed by atoms with E-state index in [4.69, 9.17) is 14.2 Å². The molecule has 0 aliphatic carbocycles. The molecular weight excluding hydrogens is 439 g/mol. The number of halogens is 3. The third-order valence-corrected chi connectivity index (χ3v) is 5.41. The molecule has 2 heterocycles. The van der Waals surface area contributed by atoms with Crippen LogP contribution in [-0.4, -0.2) is 29.7 Å². The molecule has 0 bridgehead atoms. The van der Waals surface area contributed by atoms with Crippen molar-refractivity contribution < 1.29 is 37.0 Å². The van der Waals surface area contributed by atoms with Crippen molar-refractivity contribution in [2.75, 3.05) is 13.4 Å². The lowest BCUT2D eigenvalue weighted by Crippen LogP contribution is -2.16. The van der Waals surface area contributed by atoms with Gasteiger partial charge in [0, 0.05) is 23.5 Å². The Morgan fingerprint density at radius 3 is 2.55 bits per heavy atom. The van der Waals surface area contributed by atoms with Crippen LogP contribution in [0.3, 0.4) is 0 Å². The van der Waals surface area contributed by atoms with Gasteiger partial charge >= 0.3 is 12.1 Å². The lowest BCUT2D eigenvalue weighted by Gasteiger charge is -2.11. The van der Waals surface area contributed by atoms with E-state index < -0.39 is 30.1 Å². The number of benzene rings is 2. The highest BCUT2D eigenvalue weighted by Gasteiger charge is 2.31. The van der Waals surface area contributed by atoms with Gasteiger partial charge < -0.3 is 18.8 Å². The summed E-state index contributed by atoms with van der Waals surface area (Å²) in [5.74, 6) is -0.102. The van der Waals surface area contributed by atoms with Crippen LogP contribution in [0.4, 0.5) is 13.2 Å². The molecule has 2 aromatic carbocycles. The number of hydrogen-bond acceptors (Lipinski definition) is 5. The predicted octanol–water partition coefficient (Wildman–Crippen LogP) is 4.94.